The number of aliphatic hydroxyl groups is 1. The van der Waals surface area contributed by atoms with E-state index < -0.39 is 0 Å². The normalized spacial score (nSPS) is 9.90. The van der Waals surface area contributed by atoms with Gasteiger partial charge < -0.3 is 24.6 Å². The van der Waals surface area contributed by atoms with Gasteiger partial charge in [-0.2, -0.15) is 0 Å². The first-order chi connectivity index (χ1) is 9.78. The van der Waals surface area contributed by atoms with Crippen molar-refractivity contribution in [2.75, 3.05) is 34.5 Å². The summed E-state index contributed by atoms with van der Waals surface area (Å²) in [6, 6.07) is 3.85. The minimum Gasteiger partial charge on any atom is -0.493 e. The molecule has 0 aromatic heterocycles. The summed E-state index contributed by atoms with van der Waals surface area (Å²) in [7, 11) is 4.84. The fourth-order valence-corrected chi connectivity index (χ4v) is 2.06. The van der Waals surface area contributed by atoms with Crippen LogP contribution in [0.15, 0.2) is 12.1 Å². The van der Waals surface area contributed by atoms with Crippen molar-refractivity contribution in [1.29, 1.82) is 0 Å². The molecule has 0 fully saturated rings. The van der Waals surface area contributed by atoms with Gasteiger partial charge in [-0.1, -0.05) is 6.07 Å². The van der Waals surface area contributed by atoms with Crippen LogP contribution in [0.2, 0.25) is 0 Å². The minimum absolute atomic E-state index is 0. The van der Waals surface area contributed by atoms with Crippen molar-refractivity contribution < 1.29 is 19.3 Å². The number of hydrogen-bond donors (Lipinski definition) is 2. The maximum absolute atomic E-state index is 8.71. The van der Waals surface area contributed by atoms with Crippen molar-refractivity contribution in [3.8, 4) is 17.2 Å². The molecule has 0 heterocycles. The first-order valence-corrected chi connectivity index (χ1v) is 6.87. The zero-order chi connectivity index (χ0) is 14.8. The molecule has 2 N–H and O–H groups in total. The number of rotatable bonds is 10. The first kappa shape index (κ1) is 19.8. The molecule has 6 heteroatoms. The second-order valence-corrected chi connectivity index (χ2v) is 4.45. The van der Waals surface area contributed by atoms with E-state index >= 15 is 0 Å². The highest BCUT2D eigenvalue weighted by molar-refractivity contribution is 5.85. The van der Waals surface area contributed by atoms with E-state index in [1.54, 1.807) is 21.3 Å². The lowest BCUT2D eigenvalue weighted by Crippen LogP contribution is -2.15. The second kappa shape index (κ2) is 11.5. The van der Waals surface area contributed by atoms with Crippen LogP contribution in [-0.2, 0) is 6.54 Å². The lowest BCUT2D eigenvalue weighted by atomic mass is 10.1. The smallest absolute Gasteiger partial charge is 0.203 e. The number of nitrogens with one attached hydrogen (secondary N) is 1. The van der Waals surface area contributed by atoms with Crippen LogP contribution < -0.4 is 19.5 Å². The predicted octanol–water partition coefficient (Wildman–Crippen LogP) is 2.39. The number of halogens is 1. The molecule has 0 amide bonds. The quantitative estimate of drug-likeness (QED) is 0.648. The summed E-state index contributed by atoms with van der Waals surface area (Å²) in [5.41, 5.74) is 1.03. The van der Waals surface area contributed by atoms with E-state index in [-0.39, 0.29) is 19.0 Å². The third-order valence-electron chi connectivity index (χ3n) is 3.11. The lowest BCUT2D eigenvalue weighted by molar-refractivity contribution is 0.283. The van der Waals surface area contributed by atoms with Crippen LogP contribution in [0, 0.1) is 0 Å². The standard InChI is InChI=1S/C15H25NO4.ClH/c1-18-13-8-7-12(14(19-2)15(13)20-3)11-16-9-5-4-6-10-17;/h7-8,16-17H,4-6,9-11H2,1-3H3;1H. The molecule has 0 radical (unpaired) electrons. The molecule has 5 nitrogen and oxygen atoms in total. The molecule has 1 aromatic carbocycles. The van der Waals surface area contributed by atoms with Crippen molar-refractivity contribution in [2.45, 2.75) is 25.8 Å². The van der Waals surface area contributed by atoms with Crippen LogP contribution in [0.5, 0.6) is 17.2 Å². The molecule has 0 saturated carbocycles. The summed E-state index contributed by atoms with van der Waals surface area (Å²) in [5.74, 6) is 1.99. The van der Waals surface area contributed by atoms with Gasteiger partial charge in [0.1, 0.15) is 0 Å². The highest BCUT2D eigenvalue weighted by Gasteiger charge is 2.15. The maximum Gasteiger partial charge on any atom is 0.203 e. The van der Waals surface area contributed by atoms with E-state index in [0.29, 0.717) is 23.8 Å². The Labute approximate surface area is 133 Å². The Morgan fingerprint density at radius 2 is 1.67 bits per heavy atom. The molecule has 0 aliphatic heterocycles. The Kier molecular flexibility index (Phi) is 10.8. The molecule has 0 unspecified atom stereocenters. The van der Waals surface area contributed by atoms with Crippen molar-refractivity contribution in [3.05, 3.63) is 17.7 Å². The molecule has 0 saturated heterocycles. The Morgan fingerprint density at radius 1 is 0.952 bits per heavy atom. The van der Waals surface area contributed by atoms with Gasteiger partial charge in [-0.15, -0.1) is 12.4 Å². The highest BCUT2D eigenvalue weighted by atomic mass is 35.5. The monoisotopic (exact) mass is 319 g/mol. The topological polar surface area (TPSA) is 60.0 Å². The van der Waals surface area contributed by atoms with Crippen molar-refractivity contribution in [2.24, 2.45) is 0 Å². The summed E-state index contributed by atoms with van der Waals surface area (Å²) in [5, 5.41) is 12.1. The average Bonchev–Trinajstić information content (AvgIpc) is 2.49. The summed E-state index contributed by atoms with van der Waals surface area (Å²) < 4.78 is 16.0. The molecule has 0 aliphatic carbocycles. The maximum atomic E-state index is 8.71. The molecule has 0 atom stereocenters. The van der Waals surface area contributed by atoms with Crippen LogP contribution in [0.1, 0.15) is 24.8 Å². The number of ether oxygens (including phenoxy) is 3. The van der Waals surface area contributed by atoms with Gasteiger partial charge in [-0.3, -0.25) is 0 Å². The Balaban J connectivity index is 0.00000400. The van der Waals surface area contributed by atoms with E-state index in [4.69, 9.17) is 19.3 Å². The average molecular weight is 320 g/mol. The molecular formula is C15H26ClNO4. The Morgan fingerprint density at radius 3 is 2.24 bits per heavy atom. The van der Waals surface area contributed by atoms with Crippen molar-refractivity contribution in [3.63, 3.8) is 0 Å². The van der Waals surface area contributed by atoms with Gasteiger partial charge in [-0.25, -0.2) is 0 Å². The van der Waals surface area contributed by atoms with E-state index in [9.17, 15) is 0 Å². The van der Waals surface area contributed by atoms with Crippen LogP contribution in [0.3, 0.4) is 0 Å². The highest BCUT2D eigenvalue weighted by Crippen LogP contribution is 2.39. The van der Waals surface area contributed by atoms with Gasteiger partial charge in [0.05, 0.1) is 21.3 Å². The third-order valence-corrected chi connectivity index (χ3v) is 3.11. The fraction of sp³-hybridized carbons (Fsp3) is 0.600. The zero-order valence-electron chi connectivity index (χ0n) is 13.0. The minimum atomic E-state index is 0. The second-order valence-electron chi connectivity index (χ2n) is 4.45. The summed E-state index contributed by atoms with van der Waals surface area (Å²) in [4.78, 5) is 0. The number of benzene rings is 1. The molecule has 21 heavy (non-hydrogen) atoms. The van der Waals surface area contributed by atoms with Gasteiger partial charge >= 0.3 is 0 Å². The van der Waals surface area contributed by atoms with Crippen LogP contribution >= 0.6 is 12.4 Å². The summed E-state index contributed by atoms with van der Waals surface area (Å²) in [6.07, 6.45) is 2.95. The van der Waals surface area contributed by atoms with Crippen molar-refractivity contribution >= 4 is 12.4 Å². The lowest BCUT2D eigenvalue weighted by Gasteiger charge is -2.16. The van der Waals surface area contributed by atoms with Gasteiger partial charge in [0, 0.05) is 18.7 Å². The predicted molar refractivity (Wildman–Crippen MR) is 86.0 cm³/mol. The van der Waals surface area contributed by atoms with Gasteiger partial charge in [0.2, 0.25) is 5.75 Å². The van der Waals surface area contributed by atoms with E-state index in [1.165, 1.54) is 0 Å². The van der Waals surface area contributed by atoms with E-state index in [2.05, 4.69) is 5.32 Å². The number of aliphatic hydroxyl groups excluding tert-OH is 1. The largest absolute Gasteiger partial charge is 0.493 e. The van der Waals surface area contributed by atoms with Gasteiger partial charge in [0.25, 0.3) is 0 Å². The Bertz CT molecular complexity index is 402. The van der Waals surface area contributed by atoms with Gasteiger partial charge in [0.15, 0.2) is 11.5 Å². The number of unbranched alkanes of at least 4 members (excludes halogenated alkanes) is 2. The third kappa shape index (κ3) is 5.99. The molecule has 0 aliphatic rings. The fourth-order valence-electron chi connectivity index (χ4n) is 2.06. The van der Waals surface area contributed by atoms with Gasteiger partial charge in [-0.05, 0) is 31.9 Å². The van der Waals surface area contributed by atoms with Crippen LogP contribution in [0.25, 0.3) is 0 Å². The number of hydrogen-bond acceptors (Lipinski definition) is 5. The van der Waals surface area contributed by atoms with Crippen molar-refractivity contribution in [1.82, 2.24) is 5.32 Å². The SMILES string of the molecule is COc1ccc(CNCCCCCO)c(OC)c1OC.Cl. The molecule has 1 rings (SSSR count). The van der Waals surface area contributed by atoms with Crippen LogP contribution in [0.4, 0.5) is 0 Å². The van der Waals surface area contributed by atoms with E-state index in [0.717, 1.165) is 31.4 Å². The Hall–Kier alpha value is -1.17. The first-order valence-electron chi connectivity index (χ1n) is 6.87. The molecule has 1 aromatic rings. The molecular weight excluding hydrogens is 294 g/mol. The zero-order valence-corrected chi connectivity index (χ0v) is 13.8. The number of methoxy groups -OCH3 is 3. The molecule has 0 bridgehead atoms. The summed E-state index contributed by atoms with van der Waals surface area (Å²) >= 11 is 0. The van der Waals surface area contributed by atoms with Crippen LogP contribution in [-0.4, -0.2) is 39.6 Å². The summed E-state index contributed by atoms with van der Waals surface area (Å²) in [6.45, 7) is 1.89. The molecule has 0 spiro atoms. The van der Waals surface area contributed by atoms with E-state index in [1.807, 2.05) is 12.1 Å². The molecule has 122 valence electrons.